The molecule has 0 radical (unpaired) electrons. The summed E-state index contributed by atoms with van der Waals surface area (Å²) in [5, 5.41) is 28.1. The minimum atomic E-state index is -1.40. The first-order valence-electron chi connectivity index (χ1n) is 4.52. The van der Waals surface area contributed by atoms with Gasteiger partial charge in [-0.15, -0.1) is 0 Å². The Labute approximate surface area is 87.9 Å². The first-order chi connectivity index (χ1) is 6.74. The summed E-state index contributed by atoms with van der Waals surface area (Å²) >= 11 is 0. The van der Waals surface area contributed by atoms with Crippen molar-refractivity contribution in [3.05, 3.63) is 36.0 Å². The van der Waals surface area contributed by atoms with Gasteiger partial charge in [-0.25, -0.2) is 4.79 Å². The highest BCUT2D eigenvalue weighted by molar-refractivity contribution is 5.80. The molecule has 0 aromatic heterocycles. The third-order valence-corrected chi connectivity index (χ3v) is 2.49. The van der Waals surface area contributed by atoms with Crippen molar-refractivity contribution in [1.29, 1.82) is 0 Å². The van der Waals surface area contributed by atoms with E-state index in [1.807, 2.05) is 0 Å². The Morgan fingerprint density at radius 3 is 2.40 bits per heavy atom. The van der Waals surface area contributed by atoms with E-state index in [1.54, 1.807) is 6.08 Å². The summed E-state index contributed by atoms with van der Waals surface area (Å²) < 4.78 is 0. The predicted octanol–water partition coefficient (Wildman–Crippen LogP) is 0.625. The van der Waals surface area contributed by atoms with Crippen molar-refractivity contribution < 1.29 is 20.1 Å². The molecule has 0 heterocycles. The normalized spacial score (nSPS) is 35.6. The zero-order valence-corrected chi connectivity index (χ0v) is 8.64. The first-order valence-corrected chi connectivity index (χ1v) is 4.52. The van der Waals surface area contributed by atoms with Crippen molar-refractivity contribution in [1.82, 2.24) is 0 Å². The quantitative estimate of drug-likeness (QED) is 0.584. The van der Waals surface area contributed by atoms with Gasteiger partial charge in [-0.05, 0) is 37.6 Å². The van der Waals surface area contributed by atoms with Gasteiger partial charge in [0.1, 0.15) is 11.2 Å². The Morgan fingerprint density at radius 2 is 1.93 bits per heavy atom. The highest BCUT2D eigenvalue weighted by Crippen LogP contribution is 2.30. The molecule has 0 fully saturated rings. The lowest BCUT2D eigenvalue weighted by molar-refractivity contribution is -0.131. The summed E-state index contributed by atoms with van der Waals surface area (Å²) in [5.74, 6) is -1.05. The van der Waals surface area contributed by atoms with E-state index in [2.05, 4.69) is 0 Å². The Hall–Kier alpha value is -1.39. The van der Waals surface area contributed by atoms with Crippen LogP contribution in [0.5, 0.6) is 0 Å². The van der Waals surface area contributed by atoms with Crippen LogP contribution in [0.25, 0.3) is 0 Å². The Bertz CT molecular complexity index is 359. The molecule has 0 aliphatic heterocycles. The molecule has 0 aromatic carbocycles. The van der Waals surface area contributed by atoms with E-state index >= 15 is 0 Å². The molecule has 0 amide bonds. The zero-order valence-electron chi connectivity index (χ0n) is 8.64. The number of aliphatic hydroxyl groups is 2. The second-order valence-corrected chi connectivity index (χ2v) is 3.94. The number of rotatable bonds is 2. The van der Waals surface area contributed by atoms with Gasteiger partial charge in [-0.2, -0.15) is 0 Å². The summed E-state index contributed by atoms with van der Waals surface area (Å²) in [6.07, 6.45) is 6.77. The summed E-state index contributed by atoms with van der Waals surface area (Å²) in [7, 11) is 0. The minimum absolute atomic E-state index is 0.550. The summed E-state index contributed by atoms with van der Waals surface area (Å²) in [6.45, 7) is 2.95. The van der Waals surface area contributed by atoms with Gasteiger partial charge in [0.25, 0.3) is 0 Å². The molecule has 4 heteroatoms. The van der Waals surface area contributed by atoms with Crippen molar-refractivity contribution in [3.63, 3.8) is 0 Å². The molecule has 1 rings (SSSR count). The number of carboxylic acid groups (broad SMARTS) is 1. The van der Waals surface area contributed by atoms with Crippen LogP contribution in [0.2, 0.25) is 0 Å². The zero-order chi connectivity index (χ0) is 11.7. The second-order valence-electron chi connectivity index (χ2n) is 3.94. The van der Waals surface area contributed by atoms with Crippen LogP contribution in [0.1, 0.15) is 13.8 Å². The van der Waals surface area contributed by atoms with Crippen molar-refractivity contribution in [2.75, 3.05) is 0 Å². The van der Waals surface area contributed by atoms with Crippen LogP contribution in [0.4, 0.5) is 0 Å². The smallest absolute Gasteiger partial charge is 0.328 e. The van der Waals surface area contributed by atoms with Crippen LogP contribution in [-0.2, 0) is 4.79 Å². The van der Waals surface area contributed by atoms with Gasteiger partial charge >= 0.3 is 5.97 Å². The molecule has 0 bridgehead atoms. The number of hydrogen-bond donors (Lipinski definition) is 3. The number of carbonyl (C=O) groups is 1. The SMILES string of the molecule is CC1(O)C=CC(/C=C/C(=O)O)=CC1(C)O. The van der Waals surface area contributed by atoms with Crippen molar-refractivity contribution >= 4 is 5.97 Å². The van der Waals surface area contributed by atoms with Crippen LogP contribution in [-0.4, -0.2) is 32.5 Å². The molecule has 15 heavy (non-hydrogen) atoms. The van der Waals surface area contributed by atoms with Crippen molar-refractivity contribution in [3.8, 4) is 0 Å². The monoisotopic (exact) mass is 210 g/mol. The molecule has 4 nitrogen and oxygen atoms in total. The van der Waals surface area contributed by atoms with Gasteiger partial charge < -0.3 is 15.3 Å². The summed E-state index contributed by atoms with van der Waals surface area (Å²) in [5.41, 5.74) is -2.19. The number of aliphatic carboxylic acids is 1. The molecular weight excluding hydrogens is 196 g/mol. The molecule has 3 N–H and O–H groups in total. The lowest BCUT2D eigenvalue weighted by Gasteiger charge is -2.36. The first kappa shape index (κ1) is 11.7. The third kappa shape index (κ3) is 2.55. The van der Waals surface area contributed by atoms with E-state index < -0.39 is 17.2 Å². The molecule has 82 valence electrons. The van der Waals surface area contributed by atoms with Crippen LogP contribution < -0.4 is 0 Å². The fraction of sp³-hybridized carbons (Fsp3) is 0.364. The van der Waals surface area contributed by atoms with E-state index in [0.717, 1.165) is 6.08 Å². The highest BCUT2D eigenvalue weighted by atomic mass is 16.4. The van der Waals surface area contributed by atoms with Gasteiger partial charge in [0, 0.05) is 6.08 Å². The van der Waals surface area contributed by atoms with E-state index in [-0.39, 0.29) is 0 Å². The molecule has 0 spiro atoms. The van der Waals surface area contributed by atoms with Crippen LogP contribution in [0.15, 0.2) is 36.0 Å². The average molecular weight is 210 g/mol. The van der Waals surface area contributed by atoms with Gasteiger partial charge in [-0.3, -0.25) is 0 Å². The van der Waals surface area contributed by atoms with Crippen LogP contribution in [0, 0.1) is 0 Å². The maximum Gasteiger partial charge on any atom is 0.328 e. The summed E-state index contributed by atoms with van der Waals surface area (Å²) in [6, 6.07) is 0. The minimum Gasteiger partial charge on any atom is -0.478 e. The van der Waals surface area contributed by atoms with Gasteiger partial charge in [-0.1, -0.05) is 6.08 Å². The van der Waals surface area contributed by atoms with E-state index in [9.17, 15) is 15.0 Å². The number of hydrogen-bond acceptors (Lipinski definition) is 3. The molecule has 2 atom stereocenters. The molecule has 0 saturated carbocycles. The number of carboxylic acids is 1. The van der Waals surface area contributed by atoms with Gasteiger partial charge in [0.05, 0.1) is 0 Å². The van der Waals surface area contributed by atoms with Crippen molar-refractivity contribution in [2.24, 2.45) is 0 Å². The van der Waals surface area contributed by atoms with Crippen LogP contribution in [0.3, 0.4) is 0 Å². The van der Waals surface area contributed by atoms with Crippen LogP contribution >= 0.6 is 0 Å². The van der Waals surface area contributed by atoms with E-state index in [0.29, 0.717) is 5.57 Å². The lowest BCUT2D eigenvalue weighted by atomic mass is 9.80. The third-order valence-electron chi connectivity index (χ3n) is 2.49. The fourth-order valence-corrected chi connectivity index (χ4v) is 1.22. The lowest BCUT2D eigenvalue weighted by Crippen LogP contribution is -2.48. The average Bonchev–Trinajstić information content (AvgIpc) is 2.07. The molecule has 1 aliphatic rings. The largest absolute Gasteiger partial charge is 0.478 e. The summed E-state index contributed by atoms with van der Waals surface area (Å²) in [4.78, 5) is 10.3. The van der Waals surface area contributed by atoms with Crippen molar-refractivity contribution in [2.45, 2.75) is 25.0 Å². The van der Waals surface area contributed by atoms with E-state index in [1.165, 1.54) is 32.1 Å². The standard InChI is InChI=1S/C11H14O4/c1-10(14)6-5-8(3-4-9(12)13)7-11(10,2)15/h3-7,14-15H,1-2H3,(H,12,13)/b4-3+. The van der Waals surface area contributed by atoms with Gasteiger partial charge in [0.15, 0.2) is 0 Å². The number of allylic oxidation sites excluding steroid dienone is 3. The molecule has 0 aromatic rings. The molecule has 0 saturated heterocycles. The Morgan fingerprint density at radius 1 is 1.33 bits per heavy atom. The topological polar surface area (TPSA) is 77.8 Å². The maximum atomic E-state index is 10.3. The molecule has 1 aliphatic carbocycles. The fourth-order valence-electron chi connectivity index (χ4n) is 1.22. The molecule has 2 unspecified atom stereocenters. The predicted molar refractivity (Wildman–Crippen MR) is 55.2 cm³/mol. The van der Waals surface area contributed by atoms with E-state index in [4.69, 9.17) is 5.11 Å². The second kappa shape index (κ2) is 3.64. The molecular formula is C11H14O4. The highest BCUT2D eigenvalue weighted by Gasteiger charge is 2.39. The Balaban J connectivity index is 2.94. The Kier molecular flexibility index (Phi) is 2.83. The van der Waals surface area contributed by atoms with Gasteiger partial charge in [0.2, 0.25) is 0 Å². The maximum absolute atomic E-state index is 10.3.